The lowest BCUT2D eigenvalue weighted by molar-refractivity contribution is 0.503. The third-order valence-electron chi connectivity index (χ3n) is 3.78. The molecule has 3 nitrogen and oxygen atoms in total. The van der Waals surface area contributed by atoms with Crippen LogP contribution in [0.15, 0.2) is 47.1 Å². The average molecular weight is 270 g/mol. The number of rotatable bonds is 7. The highest BCUT2D eigenvalue weighted by molar-refractivity contribution is 5.47. The minimum absolute atomic E-state index is 0.765. The van der Waals surface area contributed by atoms with Crippen molar-refractivity contribution in [2.24, 2.45) is 0 Å². The molecule has 2 aromatic rings. The van der Waals surface area contributed by atoms with Gasteiger partial charge in [-0.05, 0) is 49.6 Å². The molecule has 1 N–H and O–H groups in total. The molecule has 0 aliphatic heterocycles. The topological polar surface area (TPSA) is 28.4 Å². The third-order valence-corrected chi connectivity index (χ3v) is 3.78. The van der Waals surface area contributed by atoms with Crippen LogP contribution >= 0.6 is 0 Å². The van der Waals surface area contributed by atoms with E-state index in [0.717, 1.165) is 31.4 Å². The number of hydrogen-bond acceptors (Lipinski definition) is 3. The summed E-state index contributed by atoms with van der Waals surface area (Å²) in [6, 6.07) is 13.6. The molecule has 1 fully saturated rings. The van der Waals surface area contributed by atoms with Gasteiger partial charge < -0.3 is 14.6 Å². The van der Waals surface area contributed by atoms with Gasteiger partial charge in [0.25, 0.3) is 0 Å². The fraction of sp³-hybridized carbons (Fsp3) is 0.412. The zero-order valence-electron chi connectivity index (χ0n) is 12.0. The van der Waals surface area contributed by atoms with Crippen molar-refractivity contribution in [2.45, 2.75) is 38.9 Å². The predicted octanol–water partition coefficient (Wildman–Crippen LogP) is 3.56. The third kappa shape index (κ3) is 3.42. The zero-order valence-corrected chi connectivity index (χ0v) is 12.0. The van der Waals surface area contributed by atoms with Gasteiger partial charge in [-0.25, -0.2) is 0 Å². The predicted molar refractivity (Wildman–Crippen MR) is 81.7 cm³/mol. The van der Waals surface area contributed by atoms with Crippen molar-refractivity contribution >= 4 is 5.69 Å². The van der Waals surface area contributed by atoms with Gasteiger partial charge in [-0.1, -0.05) is 12.1 Å². The molecule has 1 aromatic carbocycles. The summed E-state index contributed by atoms with van der Waals surface area (Å²) >= 11 is 0. The Balaban J connectivity index is 1.61. The zero-order chi connectivity index (χ0) is 13.8. The summed E-state index contributed by atoms with van der Waals surface area (Å²) in [4.78, 5) is 2.32. The first-order valence-electron chi connectivity index (χ1n) is 7.45. The molecule has 3 rings (SSSR count). The highest BCUT2D eigenvalue weighted by Gasteiger charge is 2.19. The van der Waals surface area contributed by atoms with Crippen LogP contribution < -0.4 is 10.2 Å². The van der Waals surface area contributed by atoms with Crippen molar-refractivity contribution in [2.75, 3.05) is 11.4 Å². The van der Waals surface area contributed by atoms with Crippen molar-refractivity contribution in [3.63, 3.8) is 0 Å². The van der Waals surface area contributed by atoms with Gasteiger partial charge in [0.2, 0.25) is 0 Å². The van der Waals surface area contributed by atoms with Crippen molar-refractivity contribution in [1.82, 2.24) is 5.32 Å². The quantitative estimate of drug-likeness (QED) is 0.834. The maximum absolute atomic E-state index is 5.43. The summed E-state index contributed by atoms with van der Waals surface area (Å²) in [5, 5.41) is 3.54. The minimum atomic E-state index is 0.765. The first-order chi connectivity index (χ1) is 9.85. The second kappa shape index (κ2) is 6.14. The van der Waals surface area contributed by atoms with Crippen LogP contribution in [0.3, 0.4) is 0 Å². The summed E-state index contributed by atoms with van der Waals surface area (Å²) in [6.07, 6.45) is 4.41. The molecule has 0 bridgehead atoms. The van der Waals surface area contributed by atoms with E-state index in [9.17, 15) is 0 Å². The Morgan fingerprint density at radius 3 is 2.60 bits per heavy atom. The first-order valence-corrected chi connectivity index (χ1v) is 7.45. The molecule has 1 aliphatic carbocycles. The van der Waals surface area contributed by atoms with Crippen LogP contribution in [0.2, 0.25) is 0 Å². The van der Waals surface area contributed by atoms with E-state index in [1.165, 1.54) is 24.1 Å². The lowest BCUT2D eigenvalue weighted by Gasteiger charge is -2.22. The standard InChI is InChI=1S/C17H22N2O/c1-2-19(13-17-4-3-11-20-17)16-9-5-14(6-10-16)12-18-15-7-8-15/h3-6,9-11,15,18H,2,7-8,12-13H2,1H3. The van der Waals surface area contributed by atoms with E-state index in [-0.39, 0.29) is 0 Å². The Kier molecular flexibility index (Phi) is 4.07. The van der Waals surface area contributed by atoms with Gasteiger partial charge in [0.05, 0.1) is 12.8 Å². The molecule has 0 atom stereocenters. The molecular formula is C17H22N2O. The molecule has 1 heterocycles. The fourth-order valence-electron chi connectivity index (χ4n) is 2.35. The smallest absolute Gasteiger partial charge is 0.123 e. The lowest BCUT2D eigenvalue weighted by Crippen LogP contribution is -2.21. The summed E-state index contributed by atoms with van der Waals surface area (Å²) in [6.45, 7) is 4.95. The molecule has 1 aromatic heterocycles. The molecule has 3 heteroatoms. The number of anilines is 1. The summed E-state index contributed by atoms with van der Waals surface area (Å²) in [5.41, 5.74) is 2.61. The number of benzene rings is 1. The van der Waals surface area contributed by atoms with Gasteiger partial charge in [0.15, 0.2) is 0 Å². The van der Waals surface area contributed by atoms with E-state index in [4.69, 9.17) is 4.42 Å². The number of furan rings is 1. The fourth-order valence-corrected chi connectivity index (χ4v) is 2.35. The summed E-state index contributed by atoms with van der Waals surface area (Å²) in [7, 11) is 0. The van der Waals surface area contributed by atoms with E-state index in [2.05, 4.69) is 41.4 Å². The van der Waals surface area contributed by atoms with E-state index in [1.54, 1.807) is 6.26 Å². The van der Waals surface area contributed by atoms with Gasteiger partial charge in [0, 0.05) is 24.8 Å². The van der Waals surface area contributed by atoms with Crippen molar-refractivity contribution in [3.05, 3.63) is 54.0 Å². The van der Waals surface area contributed by atoms with E-state index in [1.807, 2.05) is 12.1 Å². The molecule has 20 heavy (non-hydrogen) atoms. The average Bonchev–Trinajstić information content (AvgIpc) is 3.18. The Hall–Kier alpha value is -1.74. The maximum atomic E-state index is 5.43. The Bertz CT molecular complexity index is 514. The SMILES string of the molecule is CCN(Cc1ccco1)c1ccc(CNC2CC2)cc1. The highest BCUT2D eigenvalue weighted by Crippen LogP contribution is 2.21. The first kappa shape index (κ1) is 13.3. The van der Waals surface area contributed by atoms with Crippen molar-refractivity contribution in [3.8, 4) is 0 Å². The summed E-state index contributed by atoms with van der Waals surface area (Å²) < 4.78 is 5.43. The van der Waals surface area contributed by atoms with Crippen LogP contribution in [0.1, 0.15) is 31.1 Å². The Morgan fingerprint density at radius 2 is 2.00 bits per heavy atom. The Labute approximate surface area is 120 Å². The minimum Gasteiger partial charge on any atom is -0.467 e. The molecule has 0 unspecified atom stereocenters. The molecule has 1 aliphatic rings. The molecule has 0 saturated heterocycles. The van der Waals surface area contributed by atoms with Crippen LogP contribution in [0.25, 0.3) is 0 Å². The van der Waals surface area contributed by atoms with Crippen LogP contribution in [-0.4, -0.2) is 12.6 Å². The number of nitrogens with zero attached hydrogens (tertiary/aromatic N) is 1. The molecule has 0 radical (unpaired) electrons. The molecule has 0 spiro atoms. The van der Waals surface area contributed by atoms with Gasteiger partial charge in [0.1, 0.15) is 5.76 Å². The van der Waals surface area contributed by atoms with E-state index < -0.39 is 0 Å². The van der Waals surface area contributed by atoms with Crippen molar-refractivity contribution in [1.29, 1.82) is 0 Å². The lowest BCUT2D eigenvalue weighted by atomic mass is 10.2. The number of nitrogens with one attached hydrogen (secondary N) is 1. The molecule has 106 valence electrons. The number of hydrogen-bond donors (Lipinski definition) is 1. The molecular weight excluding hydrogens is 248 g/mol. The van der Waals surface area contributed by atoms with E-state index in [0.29, 0.717) is 0 Å². The van der Waals surface area contributed by atoms with Gasteiger partial charge in [-0.2, -0.15) is 0 Å². The second-order valence-electron chi connectivity index (χ2n) is 5.42. The molecule has 0 amide bonds. The maximum Gasteiger partial charge on any atom is 0.123 e. The monoisotopic (exact) mass is 270 g/mol. The van der Waals surface area contributed by atoms with Gasteiger partial charge in [-0.15, -0.1) is 0 Å². The van der Waals surface area contributed by atoms with E-state index >= 15 is 0 Å². The normalized spacial score (nSPS) is 14.4. The van der Waals surface area contributed by atoms with Crippen LogP contribution in [-0.2, 0) is 13.1 Å². The van der Waals surface area contributed by atoms with Crippen LogP contribution in [0.4, 0.5) is 5.69 Å². The Morgan fingerprint density at radius 1 is 1.20 bits per heavy atom. The van der Waals surface area contributed by atoms with Gasteiger partial charge >= 0.3 is 0 Å². The largest absolute Gasteiger partial charge is 0.467 e. The van der Waals surface area contributed by atoms with Crippen LogP contribution in [0.5, 0.6) is 0 Å². The van der Waals surface area contributed by atoms with Crippen molar-refractivity contribution < 1.29 is 4.42 Å². The molecule has 1 saturated carbocycles. The summed E-state index contributed by atoms with van der Waals surface area (Å²) in [5.74, 6) is 1.01. The van der Waals surface area contributed by atoms with Gasteiger partial charge in [-0.3, -0.25) is 0 Å². The second-order valence-corrected chi connectivity index (χ2v) is 5.42. The highest BCUT2D eigenvalue weighted by atomic mass is 16.3. The van der Waals surface area contributed by atoms with Crippen LogP contribution in [0, 0.1) is 0 Å².